The van der Waals surface area contributed by atoms with Crippen molar-refractivity contribution in [2.75, 3.05) is 0 Å². The summed E-state index contributed by atoms with van der Waals surface area (Å²) < 4.78 is 18.4. The summed E-state index contributed by atoms with van der Waals surface area (Å²) in [5.74, 6) is 0. The predicted octanol–water partition coefficient (Wildman–Crippen LogP) is -0.631. The average Bonchev–Trinajstić information content (AvgIpc) is 1.12. The monoisotopic (exact) mass is 252 g/mol. The summed E-state index contributed by atoms with van der Waals surface area (Å²) in [6, 6.07) is 0. The fourth-order valence-electron chi connectivity index (χ4n) is 0. The number of thiol groups is 2. The van der Waals surface area contributed by atoms with E-state index in [1.807, 2.05) is 0 Å². The van der Waals surface area contributed by atoms with Gasteiger partial charge in [-0.05, 0) is 0 Å². The standard InChI is InChI=1S/Na.2H3O3PS.H/c;2*1-4(2,3)5;/h;2*(H3,1,2,3,5);. The molecule has 0 aliphatic rings. The Labute approximate surface area is 95.7 Å². The molecule has 0 amide bonds. The van der Waals surface area contributed by atoms with Crippen LogP contribution in [0.1, 0.15) is 0 Å². The Morgan fingerprint density at radius 3 is 0.818 bits per heavy atom. The van der Waals surface area contributed by atoms with Gasteiger partial charge in [-0.15, -0.1) is 0 Å². The molecule has 0 saturated carbocycles. The maximum absolute atomic E-state index is 9.19. The van der Waals surface area contributed by atoms with Gasteiger partial charge in [0.25, 0.3) is 0 Å². The summed E-state index contributed by atoms with van der Waals surface area (Å²) in [6.45, 7) is -7.89. The Balaban J connectivity index is -0.000000107. The summed E-state index contributed by atoms with van der Waals surface area (Å²) >= 11 is 5.58. The van der Waals surface area contributed by atoms with Crippen LogP contribution in [-0.4, -0.2) is 49.1 Å². The molecule has 0 atom stereocenters. The summed E-state index contributed by atoms with van der Waals surface area (Å²) in [5, 5.41) is 0. The van der Waals surface area contributed by atoms with Crippen molar-refractivity contribution in [2.45, 2.75) is 0 Å². The average molecular weight is 252 g/mol. The minimum atomic E-state index is -3.94. The zero-order chi connectivity index (χ0) is 9.00. The van der Waals surface area contributed by atoms with Gasteiger partial charge in [0.15, 0.2) is 0 Å². The van der Waals surface area contributed by atoms with E-state index in [4.69, 9.17) is 19.6 Å². The Kier molecular flexibility index (Phi) is 12.6. The van der Waals surface area contributed by atoms with Crippen LogP contribution < -0.4 is 0 Å². The van der Waals surface area contributed by atoms with Gasteiger partial charge in [0, 0.05) is 0 Å². The van der Waals surface area contributed by atoms with Gasteiger partial charge in [0.2, 0.25) is 0 Å². The maximum atomic E-state index is 9.19. The van der Waals surface area contributed by atoms with Crippen LogP contribution in [0.15, 0.2) is 0 Å². The molecule has 0 fully saturated rings. The Bertz CT molecular complexity index is 131. The first-order chi connectivity index (χ1) is 4.00. The molecular weight excluding hydrogens is 245 g/mol. The third kappa shape index (κ3) is 300. The molecule has 0 aliphatic carbocycles. The van der Waals surface area contributed by atoms with Crippen molar-refractivity contribution in [1.29, 1.82) is 0 Å². The first-order valence-corrected chi connectivity index (χ1v) is 7.10. The van der Waals surface area contributed by atoms with Gasteiger partial charge in [-0.25, -0.2) is 9.13 Å². The van der Waals surface area contributed by atoms with Crippen molar-refractivity contribution in [3.05, 3.63) is 0 Å². The molecular formula is H7NaO6P2S2. The van der Waals surface area contributed by atoms with Gasteiger partial charge < -0.3 is 19.6 Å². The summed E-state index contributed by atoms with van der Waals surface area (Å²) in [5.41, 5.74) is 0. The van der Waals surface area contributed by atoms with Crippen LogP contribution in [0.3, 0.4) is 0 Å². The van der Waals surface area contributed by atoms with Gasteiger partial charge in [-0.2, -0.15) is 0 Å². The normalized spacial score (nSPS) is 10.7. The molecule has 0 unspecified atom stereocenters. The Morgan fingerprint density at radius 1 is 0.818 bits per heavy atom. The van der Waals surface area contributed by atoms with Crippen molar-refractivity contribution >= 4 is 67.6 Å². The second-order valence-corrected chi connectivity index (χ2v) is 6.21. The summed E-state index contributed by atoms with van der Waals surface area (Å²) in [7, 11) is 0. The van der Waals surface area contributed by atoms with Crippen molar-refractivity contribution in [3.63, 3.8) is 0 Å². The van der Waals surface area contributed by atoms with Gasteiger partial charge in [0.1, 0.15) is 0 Å². The molecule has 0 aromatic rings. The topological polar surface area (TPSA) is 115 Å². The molecule has 66 valence electrons. The van der Waals surface area contributed by atoms with Crippen LogP contribution >= 0.6 is 38.1 Å². The van der Waals surface area contributed by atoms with Gasteiger partial charge >= 0.3 is 43.2 Å². The zero-order valence-electron chi connectivity index (χ0n) is 4.39. The van der Waals surface area contributed by atoms with Crippen LogP contribution in [-0.2, 0) is 9.13 Å². The molecule has 0 aromatic carbocycles. The molecule has 0 bridgehead atoms. The number of hydrogen-bond acceptors (Lipinski definition) is 2. The van der Waals surface area contributed by atoms with Crippen LogP contribution in [0, 0.1) is 0 Å². The van der Waals surface area contributed by atoms with Gasteiger partial charge in [-0.3, -0.25) is 0 Å². The van der Waals surface area contributed by atoms with E-state index in [0.29, 0.717) is 0 Å². The summed E-state index contributed by atoms with van der Waals surface area (Å²) in [4.78, 5) is 30.0. The molecule has 0 spiro atoms. The fraction of sp³-hybridized carbons (Fsp3) is 0. The molecule has 11 heavy (non-hydrogen) atoms. The Morgan fingerprint density at radius 2 is 0.818 bits per heavy atom. The van der Waals surface area contributed by atoms with E-state index in [1.165, 1.54) is 0 Å². The van der Waals surface area contributed by atoms with E-state index in [9.17, 15) is 9.13 Å². The van der Waals surface area contributed by atoms with Crippen LogP contribution in [0.5, 0.6) is 0 Å². The number of hydrogen-bond donors (Lipinski definition) is 6. The molecule has 11 heteroatoms. The molecule has 0 rings (SSSR count). The van der Waals surface area contributed by atoms with Crippen molar-refractivity contribution < 1.29 is 28.7 Å². The van der Waals surface area contributed by atoms with E-state index in [1.54, 1.807) is 0 Å². The van der Waals surface area contributed by atoms with E-state index in [2.05, 4.69) is 24.5 Å². The molecule has 0 aliphatic heterocycles. The third-order valence-corrected chi connectivity index (χ3v) is 0. The predicted molar refractivity (Wildman–Crippen MR) is 49.2 cm³/mol. The third-order valence-electron chi connectivity index (χ3n) is 0. The second kappa shape index (κ2) is 7.41. The van der Waals surface area contributed by atoms with Crippen molar-refractivity contribution in [1.82, 2.24) is 0 Å². The van der Waals surface area contributed by atoms with Crippen molar-refractivity contribution in [3.8, 4) is 0 Å². The van der Waals surface area contributed by atoms with Gasteiger partial charge in [-0.1, -0.05) is 24.5 Å². The second-order valence-electron chi connectivity index (χ2n) is 1.03. The number of rotatable bonds is 0. The first-order valence-electron chi connectivity index (χ1n) is 1.57. The molecule has 0 saturated heterocycles. The summed E-state index contributed by atoms with van der Waals surface area (Å²) in [6.07, 6.45) is 0. The molecule has 4 N–H and O–H groups in total. The van der Waals surface area contributed by atoms with E-state index in [0.717, 1.165) is 0 Å². The zero-order valence-corrected chi connectivity index (χ0v) is 7.97. The minimum absolute atomic E-state index is 0. The van der Waals surface area contributed by atoms with E-state index >= 15 is 0 Å². The Hall–Kier alpha value is 2.00. The fourth-order valence-corrected chi connectivity index (χ4v) is 0. The first kappa shape index (κ1) is 18.7. The SMILES string of the molecule is O=P(O)(O)S.O=P(O)(O)S.[NaH]. The van der Waals surface area contributed by atoms with E-state index < -0.39 is 13.6 Å². The molecule has 0 aromatic heterocycles. The van der Waals surface area contributed by atoms with Gasteiger partial charge in [0.05, 0.1) is 0 Å². The van der Waals surface area contributed by atoms with Crippen LogP contribution in [0.4, 0.5) is 0 Å². The van der Waals surface area contributed by atoms with E-state index in [-0.39, 0.29) is 29.6 Å². The molecule has 0 heterocycles. The quantitative estimate of drug-likeness (QED) is 0.194. The molecule has 0 radical (unpaired) electrons. The molecule has 6 nitrogen and oxygen atoms in total. The van der Waals surface area contributed by atoms with Crippen molar-refractivity contribution in [2.24, 2.45) is 0 Å². The van der Waals surface area contributed by atoms with Crippen LogP contribution in [0.25, 0.3) is 0 Å². The van der Waals surface area contributed by atoms with Crippen LogP contribution in [0.2, 0.25) is 0 Å².